The molecule has 0 spiro atoms. The molecule has 7 heteroatoms. The van der Waals surface area contributed by atoms with Gasteiger partial charge in [-0.3, -0.25) is 0 Å². The number of halogens is 1. The predicted octanol–water partition coefficient (Wildman–Crippen LogP) is 2.74. The van der Waals surface area contributed by atoms with Crippen LogP contribution in [0.4, 0.5) is 0 Å². The van der Waals surface area contributed by atoms with Crippen molar-refractivity contribution in [1.29, 1.82) is 5.26 Å². The number of nitriles is 1. The fourth-order valence-electron chi connectivity index (χ4n) is 1.91. The summed E-state index contributed by atoms with van der Waals surface area (Å²) in [5.74, 6) is -0.00624. The highest BCUT2D eigenvalue weighted by atomic mass is 79.9. The molecule has 1 aliphatic rings. The summed E-state index contributed by atoms with van der Waals surface area (Å²) in [5, 5.41) is 8.81. The molecule has 1 saturated heterocycles. The summed E-state index contributed by atoms with van der Waals surface area (Å²) in [6.07, 6.45) is 1.25. The average Bonchev–Trinajstić information content (AvgIpc) is 2.70. The van der Waals surface area contributed by atoms with Crippen molar-refractivity contribution in [3.8, 4) is 6.07 Å². The molecule has 98 valence electrons. The third-order valence-corrected chi connectivity index (χ3v) is 7.55. The number of nitrogens with zero attached hydrogens (tertiary/aromatic N) is 2. The normalized spacial score (nSPS) is 18.7. The van der Waals surface area contributed by atoms with Gasteiger partial charge >= 0.3 is 0 Å². The molecule has 0 atom stereocenters. The van der Waals surface area contributed by atoms with Crippen molar-refractivity contribution in [3.05, 3.63) is 15.4 Å². The summed E-state index contributed by atoms with van der Waals surface area (Å²) in [6, 6.07) is 3.90. The lowest BCUT2D eigenvalue weighted by atomic mass is 10.0. The van der Waals surface area contributed by atoms with E-state index < -0.39 is 10.0 Å². The van der Waals surface area contributed by atoms with E-state index >= 15 is 0 Å². The Morgan fingerprint density at radius 1 is 1.50 bits per heavy atom. The maximum atomic E-state index is 12.4. The summed E-state index contributed by atoms with van der Waals surface area (Å²) in [4.78, 5) is 0. The van der Waals surface area contributed by atoms with E-state index in [2.05, 4.69) is 22.0 Å². The molecule has 1 fully saturated rings. The lowest BCUT2D eigenvalue weighted by molar-refractivity contribution is 0.310. The molecule has 0 amide bonds. The molecule has 0 aliphatic carbocycles. The van der Waals surface area contributed by atoms with Gasteiger partial charge in [0.2, 0.25) is 0 Å². The smallest absolute Gasteiger partial charge is 0.206 e. The first-order valence-electron chi connectivity index (χ1n) is 5.61. The number of sulfonamides is 1. The van der Waals surface area contributed by atoms with Crippen LogP contribution in [0.1, 0.15) is 18.4 Å². The van der Waals surface area contributed by atoms with Crippen molar-refractivity contribution in [2.75, 3.05) is 13.1 Å². The number of hydrogen-bond acceptors (Lipinski definition) is 4. The van der Waals surface area contributed by atoms with Gasteiger partial charge in [0.25, 0.3) is 10.0 Å². The molecule has 0 N–H and O–H groups in total. The lowest BCUT2D eigenvalue weighted by Crippen LogP contribution is -2.37. The molecule has 1 aromatic rings. The molecule has 0 radical (unpaired) electrons. The van der Waals surface area contributed by atoms with Crippen molar-refractivity contribution in [2.24, 2.45) is 5.92 Å². The standard InChI is InChI=1S/C11H13BrN2O2S2/c1-8-6-10(17-11(8)12)18(15,16)14-4-2-9(7-13)3-5-14/h6,9H,2-5H2,1H3. The Bertz CT molecular complexity index is 561. The fourth-order valence-corrected chi connectivity index (χ4v) is 5.76. The van der Waals surface area contributed by atoms with Gasteiger partial charge in [-0.15, -0.1) is 11.3 Å². The molecular weight excluding hydrogens is 336 g/mol. The van der Waals surface area contributed by atoms with Crippen LogP contribution in [0.15, 0.2) is 14.1 Å². The van der Waals surface area contributed by atoms with E-state index in [9.17, 15) is 8.42 Å². The zero-order chi connectivity index (χ0) is 13.3. The highest BCUT2D eigenvalue weighted by Gasteiger charge is 2.30. The third kappa shape index (κ3) is 2.62. The Kier molecular flexibility index (Phi) is 4.11. The molecule has 2 rings (SSSR count). The molecule has 1 aliphatic heterocycles. The minimum absolute atomic E-state index is 0.00624. The Balaban J connectivity index is 2.20. The first-order chi connectivity index (χ1) is 8.45. The molecule has 2 heterocycles. The number of rotatable bonds is 2. The molecule has 0 unspecified atom stereocenters. The molecule has 4 nitrogen and oxygen atoms in total. The second-order valence-corrected chi connectivity index (χ2v) is 8.86. The number of hydrogen-bond donors (Lipinski definition) is 0. The molecule has 1 aromatic heterocycles. The first kappa shape index (κ1) is 14.0. The van der Waals surface area contributed by atoms with Gasteiger partial charge in [0.05, 0.1) is 9.86 Å². The van der Waals surface area contributed by atoms with Crippen LogP contribution in [0.5, 0.6) is 0 Å². The van der Waals surface area contributed by atoms with Gasteiger partial charge in [0.15, 0.2) is 0 Å². The number of thiophene rings is 1. The summed E-state index contributed by atoms with van der Waals surface area (Å²) in [5.41, 5.74) is 0.936. The minimum atomic E-state index is -3.38. The van der Waals surface area contributed by atoms with Crippen LogP contribution in [0.3, 0.4) is 0 Å². The van der Waals surface area contributed by atoms with Crippen molar-refractivity contribution < 1.29 is 8.42 Å². The summed E-state index contributed by atoms with van der Waals surface area (Å²) >= 11 is 4.59. The van der Waals surface area contributed by atoms with Crippen molar-refractivity contribution >= 4 is 37.3 Å². The second-order valence-electron chi connectivity index (χ2n) is 4.33. The van der Waals surface area contributed by atoms with E-state index in [1.165, 1.54) is 15.6 Å². The van der Waals surface area contributed by atoms with Gasteiger partial charge in [0.1, 0.15) is 4.21 Å². The van der Waals surface area contributed by atoms with Crippen molar-refractivity contribution in [2.45, 2.75) is 24.0 Å². The van der Waals surface area contributed by atoms with Crippen molar-refractivity contribution in [1.82, 2.24) is 4.31 Å². The van der Waals surface area contributed by atoms with E-state index in [0.717, 1.165) is 9.35 Å². The quantitative estimate of drug-likeness (QED) is 0.825. The molecule has 18 heavy (non-hydrogen) atoms. The van der Waals surface area contributed by atoms with Crippen LogP contribution in [0.2, 0.25) is 0 Å². The predicted molar refractivity (Wildman–Crippen MR) is 73.9 cm³/mol. The van der Waals surface area contributed by atoms with Crippen LogP contribution in [-0.2, 0) is 10.0 Å². The summed E-state index contributed by atoms with van der Waals surface area (Å²) < 4.78 is 27.5. The van der Waals surface area contributed by atoms with Crippen LogP contribution in [-0.4, -0.2) is 25.8 Å². The topological polar surface area (TPSA) is 61.2 Å². The van der Waals surface area contributed by atoms with E-state index in [0.29, 0.717) is 30.1 Å². The molecular formula is C11H13BrN2O2S2. The minimum Gasteiger partial charge on any atom is -0.206 e. The first-order valence-corrected chi connectivity index (χ1v) is 8.66. The zero-order valence-electron chi connectivity index (χ0n) is 9.89. The second kappa shape index (κ2) is 5.29. The van der Waals surface area contributed by atoms with Gasteiger partial charge < -0.3 is 0 Å². The number of piperidine rings is 1. The van der Waals surface area contributed by atoms with Crippen LogP contribution >= 0.6 is 27.3 Å². The summed E-state index contributed by atoms with van der Waals surface area (Å²) in [7, 11) is -3.38. The molecule has 0 saturated carbocycles. The Hall–Kier alpha value is -0.420. The van der Waals surface area contributed by atoms with E-state index in [-0.39, 0.29) is 5.92 Å². The van der Waals surface area contributed by atoms with Gasteiger partial charge in [-0.25, -0.2) is 8.42 Å². The highest BCUT2D eigenvalue weighted by Crippen LogP contribution is 2.33. The van der Waals surface area contributed by atoms with Gasteiger partial charge in [-0.1, -0.05) is 0 Å². The van der Waals surface area contributed by atoms with E-state index in [4.69, 9.17) is 5.26 Å². The average molecular weight is 349 g/mol. The third-order valence-electron chi connectivity index (χ3n) is 3.07. The van der Waals surface area contributed by atoms with Gasteiger partial charge in [0, 0.05) is 19.0 Å². The maximum Gasteiger partial charge on any atom is 0.252 e. The Morgan fingerprint density at radius 3 is 2.56 bits per heavy atom. The zero-order valence-corrected chi connectivity index (χ0v) is 13.1. The van der Waals surface area contributed by atoms with Crippen molar-refractivity contribution in [3.63, 3.8) is 0 Å². The molecule has 0 bridgehead atoms. The Labute approximate surface area is 119 Å². The van der Waals surface area contributed by atoms with Gasteiger partial charge in [-0.2, -0.15) is 9.57 Å². The van der Waals surface area contributed by atoms with Crippen LogP contribution < -0.4 is 0 Å². The van der Waals surface area contributed by atoms with E-state index in [1.54, 1.807) is 6.07 Å². The SMILES string of the molecule is Cc1cc(S(=O)(=O)N2CCC(C#N)CC2)sc1Br. The monoisotopic (exact) mass is 348 g/mol. The largest absolute Gasteiger partial charge is 0.252 e. The van der Waals surface area contributed by atoms with Gasteiger partial charge in [-0.05, 0) is 47.3 Å². The van der Waals surface area contributed by atoms with Crippen LogP contribution in [0.25, 0.3) is 0 Å². The van der Waals surface area contributed by atoms with E-state index in [1.807, 2.05) is 6.92 Å². The highest BCUT2D eigenvalue weighted by molar-refractivity contribution is 9.11. The number of aryl methyl sites for hydroxylation is 1. The fraction of sp³-hybridized carbons (Fsp3) is 0.545. The summed E-state index contributed by atoms with van der Waals surface area (Å²) in [6.45, 7) is 2.76. The molecule has 0 aromatic carbocycles. The Morgan fingerprint density at radius 2 is 2.11 bits per heavy atom. The van der Waals surface area contributed by atoms with Crippen LogP contribution in [0, 0.1) is 24.2 Å². The lowest BCUT2D eigenvalue weighted by Gasteiger charge is -2.27. The maximum absolute atomic E-state index is 12.4.